The van der Waals surface area contributed by atoms with Crippen LogP contribution in [-0.2, 0) is 10.0 Å². The summed E-state index contributed by atoms with van der Waals surface area (Å²) in [7, 11) is -2.49. The van der Waals surface area contributed by atoms with Crippen LogP contribution < -0.4 is 4.74 Å². The Kier molecular flexibility index (Phi) is 5.69. The second kappa shape index (κ2) is 7.84. The van der Waals surface area contributed by atoms with E-state index >= 15 is 0 Å². The van der Waals surface area contributed by atoms with Gasteiger partial charge in [0.1, 0.15) is 16.5 Å². The summed E-state index contributed by atoms with van der Waals surface area (Å²) in [5, 5.41) is 0.0826. The topological polar surface area (TPSA) is 66.9 Å². The van der Waals surface area contributed by atoms with Crippen LogP contribution in [0.25, 0.3) is 0 Å². The Morgan fingerprint density at radius 1 is 1.07 bits per heavy atom. The highest BCUT2D eigenvalue weighted by molar-refractivity contribution is 7.89. The standard InChI is InChI=1S/C18H18ClFN2O4S/c1-26-16-4-2-3-15(19)17(16)27(24,25)22-11-9-21(10-12-22)18(23)13-5-7-14(20)8-6-13/h2-8H,9-12H2,1H3. The molecule has 0 aliphatic carbocycles. The number of benzene rings is 2. The molecule has 0 atom stereocenters. The maximum absolute atomic E-state index is 13.0. The number of nitrogens with zero attached hydrogens (tertiary/aromatic N) is 2. The molecule has 9 heteroatoms. The van der Waals surface area contributed by atoms with Crippen LogP contribution in [0, 0.1) is 5.82 Å². The number of halogens is 2. The number of hydrogen-bond acceptors (Lipinski definition) is 4. The fourth-order valence-corrected chi connectivity index (χ4v) is 5.02. The number of methoxy groups -OCH3 is 1. The molecular formula is C18H18ClFN2O4S. The normalized spacial score (nSPS) is 15.6. The van der Waals surface area contributed by atoms with E-state index in [1.165, 1.54) is 47.8 Å². The smallest absolute Gasteiger partial charge is 0.253 e. The number of amides is 1. The maximum atomic E-state index is 13.0. The third-order valence-corrected chi connectivity index (χ3v) is 6.77. The maximum Gasteiger partial charge on any atom is 0.253 e. The Morgan fingerprint density at radius 3 is 2.30 bits per heavy atom. The minimum absolute atomic E-state index is 0.0764. The lowest BCUT2D eigenvalue weighted by atomic mass is 10.2. The molecule has 0 bridgehead atoms. The molecule has 3 rings (SSSR count). The van der Waals surface area contributed by atoms with Gasteiger partial charge in [-0.1, -0.05) is 17.7 Å². The highest BCUT2D eigenvalue weighted by Crippen LogP contribution is 2.33. The molecule has 2 aromatic carbocycles. The number of carbonyl (C=O) groups is 1. The predicted molar refractivity (Wildman–Crippen MR) is 99.1 cm³/mol. The van der Waals surface area contributed by atoms with Gasteiger partial charge in [0.2, 0.25) is 10.0 Å². The average Bonchev–Trinajstić information content (AvgIpc) is 2.67. The van der Waals surface area contributed by atoms with Gasteiger partial charge in [-0.3, -0.25) is 4.79 Å². The summed E-state index contributed by atoms with van der Waals surface area (Å²) in [6.45, 7) is 0.706. The number of ether oxygens (including phenoxy) is 1. The molecule has 27 heavy (non-hydrogen) atoms. The first-order valence-corrected chi connectivity index (χ1v) is 10.0. The van der Waals surface area contributed by atoms with Gasteiger partial charge in [-0.15, -0.1) is 0 Å². The van der Waals surface area contributed by atoms with E-state index in [0.717, 1.165) is 0 Å². The van der Waals surface area contributed by atoms with Gasteiger partial charge in [-0.05, 0) is 36.4 Å². The zero-order chi connectivity index (χ0) is 19.6. The average molecular weight is 413 g/mol. The molecule has 1 amide bonds. The number of piperazine rings is 1. The second-order valence-electron chi connectivity index (χ2n) is 5.97. The van der Waals surface area contributed by atoms with Crippen molar-refractivity contribution in [2.24, 2.45) is 0 Å². The molecule has 1 aliphatic rings. The molecule has 0 unspecified atom stereocenters. The Morgan fingerprint density at radius 2 is 1.70 bits per heavy atom. The van der Waals surface area contributed by atoms with Crippen LogP contribution >= 0.6 is 11.6 Å². The van der Waals surface area contributed by atoms with Crippen LogP contribution in [-0.4, -0.2) is 56.8 Å². The summed E-state index contributed by atoms with van der Waals surface area (Å²) >= 11 is 6.10. The Balaban J connectivity index is 1.75. The van der Waals surface area contributed by atoms with Crippen LogP contribution in [0.5, 0.6) is 5.75 Å². The van der Waals surface area contributed by atoms with Gasteiger partial charge >= 0.3 is 0 Å². The predicted octanol–water partition coefficient (Wildman–Crippen LogP) is 2.63. The van der Waals surface area contributed by atoms with E-state index in [2.05, 4.69) is 0 Å². The Hall–Kier alpha value is -2.16. The van der Waals surface area contributed by atoms with Crippen LogP contribution in [0.15, 0.2) is 47.4 Å². The summed E-state index contributed by atoms with van der Waals surface area (Å²) in [6.07, 6.45) is 0. The van der Waals surface area contributed by atoms with Crippen molar-refractivity contribution in [2.45, 2.75) is 4.90 Å². The van der Waals surface area contributed by atoms with Crippen molar-refractivity contribution in [1.82, 2.24) is 9.21 Å². The van der Waals surface area contributed by atoms with Crippen molar-refractivity contribution < 1.29 is 22.3 Å². The van der Waals surface area contributed by atoms with Gasteiger partial charge < -0.3 is 9.64 Å². The van der Waals surface area contributed by atoms with Crippen molar-refractivity contribution >= 4 is 27.5 Å². The molecule has 0 aromatic heterocycles. The summed E-state index contributed by atoms with van der Waals surface area (Å²) in [6, 6.07) is 9.90. The zero-order valence-electron chi connectivity index (χ0n) is 14.6. The number of carbonyl (C=O) groups excluding carboxylic acids is 1. The first kappa shape index (κ1) is 19.6. The molecule has 0 radical (unpaired) electrons. The molecule has 0 saturated carbocycles. The van der Waals surface area contributed by atoms with Gasteiger partial charge in [0.15, 0.2) is 0 Å². The van der Waals surface area contributed by atoms with Crippen molar-refractivity contribution in [3.05, 3.63) is 58.9 Å². The van der Waals surface area contributed by atoms with Crippen molar-refractivity contribution in [2.75, 3.05) is 33.3 Å². The van der Waals surface area contributed by atoms with E-state index in [1.54, 1.807) is 11.0 Å². The lowest BCUT2D eigenvalue weighted by Gasteiger charge is -2.34. The van der Waals surface area contributed by atoms with Crippen LogP contribution in [0.3, 0.4) is 0 Å². The van der Waals surface area contributed by atoms with E-state index in [0.29, 0.717) is 5.56 Å². The van der Waals surface area contributed by atoms with E-state index in [9.17, 15) is 17.6 Å². The number of hydrogen-bond donors (Lipinski definition) is 0. The van der Waals surface area contributed by atoms with Gasteiger partial charge in [0.05, 0.1) is 12.1 Å². The molecule has 0 spiro atoms. The molecule has 1 saturated heterocycles. The summed E-state index contributed by atoms with van der Waals surface area (Å²) in [4.78, 5) is 14.0. The lowest BCUT2D eigenvalue weighted by Crippen LogP contribution is -2.50. The SMILES string of the molecule is COc1cccc(Cl)c1S(=O)(=O)N1CCN(C(=O)c2ccc(F)cc2)CC1. The summed E-state index contributed by atoms with van der Waals surface area (Å²) < 4.78 is 45.4. The van der Waals surface area contributed by atoms with Crippen LogP contribution in [0.2, 0.25) is 5.02 Å². The molecule has 1 aliphatic heterocycles. The fraction of sp³-hybridized carbons (Fsp3) is 0.278. The van der Waals surface area contributed by atoms with E-state index in [-0.39, 0.29) is 47.8 Å². The molecule has 2 aromatic rings. The molecule has 144 valence electrons. The third kappa shape index (κ3) is 3.92. The highest BCUT2D eigenvalue weighted by Gasteiger charge is 2.33. The first-order chi connectivity index (χ1) is 12.8. The van der Waals surface area contributed by atoms with Crippen molar-refractivity contribution in [1.29, 1.82) is 0 Å². The van der Waals surface area contributed by atoms with Gasteiger partial charge in [-0.2, -0.15) is 4.31 Å². The highest BCUT2D eigenvalue weighted by atomic mass is 35.5. The summed E-state index contributed by atoms with van der Waals surface area (Å²) in [5.41, 5.74) is 0.362. The molecule has 0 N–H and O–H groups in total. The first-order valence-electron chi connectivity index (χ1n) is 8.22. The molecule has 1 fully saturated rings. The summed E-state index contributed by atoms with van der Waals surface area (Å²) in [5.74, 6) is -0.508. The van der Waals surface area contributed by atoms with Crippen LogP contribution in [0.1, 0.15) is 10.4 Å². The third-order valence-electron chi connectivity index (χ3n) is 4.37. The fourth-order valence-electron chi connectivity index (χ4n) is 2.94. The van der Waals surface area contributed by atoms with E-state index in [1.807, 2.05) is 0 Å². The lowest BCUT2D eigenvalue weighted by molar-refractivity contribution is 0.0697. The Labute approximate surface area is 162 Å². The number of rotatable bonds is 4. The second-order valence-corrected chi connectivity index (χ2v) is 8.26. The van der Waals surface area contributed by atoms with Crippen molar-refractivity contribution in [3.63, 3.8) is 0 Å². The van der Waals surface area contributed by atoms with Gasteiger partial charge in [-0.25, -0.2) is 12.8 Å². The van der Waals surface area contributed by atoms with E-state index in [4.69, 9.17) is 16.3 Å². The van der Waals surface area contributed by atoms with Gasteiger partial charge in [0.25, 0.3) is 5.91 Å². The zero-order valence-corrected chi connectivity index (χ0v) is 16.1. The van der Waals surface area contributed by atoms with Crippen molar-refractivity contribution in [3.8, 4) is 5.75 Å². The minimum Gasteiger partial charge on any atom is -0.495 e. The van der Waals surface area contributed by atoms with Crippen LogP contribution in [0.4, 0.5) is 4.39 Å². The Bertz CT molecular complexity index is 942. The molecule has 6 nitrogen and oxygen atoms in total. The monoisotopic (exact) mass is 412 g/mol. The van der Waals surface area contributed by atoms with E-state index < -0.39 is 15.8 Å². The van der Waals surface area contributed by atoms with Gasteiger partial charge in [0, 0.05) is 31.7 Å². The minimum atomic E-state index is -3.87. The quantitative estimate of drug-likeness (QED) is 0.774. The largest absolute Gasteiger partial charge is 0.495 e. The number of sulfonamides is 1. The molecule has 1 heterocycles. The molecular weight excluding hydrogens is 395 g/mol.